The monoisotopic (exact) mass is 501 g/mol. The molecule has 0 spiro atoms. The van der Waals surface area contributed by atoms with Crippen molar-refractivity contribution in [1.82, 2.24) is 25.6 Å². The second kappa shape index (κ2) is 22.8. The lowest BCUT2D eigenvalue weighted by molar-refractivity contribution is -0.120. The van der Waals surface area contributed by atoms with Crippen molar-refractivity contribution in [3.8, 4) is 0 Å². The van der Waals surface area contributed by atoms with Crippen molar-refractivity contribution in [2.24, 2.45) is 0 Å². The number of unbranched alkanes of at least 4 members (excludes halogenated alkanes) is 2. The fraction of sp³-hybridized carbons (Fsp3) is 0.875. The Morgan fingerprint density at radius 1 is 0.914 bits per heavy atom. The lowest BCUT2D eigenvalue weighted by Gasteiger charge is -2.11. The SMILES string of the molecule is CCC(C)NCCOCCOCCOCCOCCOCc1cn(CCCCCC(=O)NC)nn1. The average Bonchev–Trinajstić information content (AvgIpc) is 3.32. The number of aryl methyl sites for hydroxylation is 1. The molecular weight excluding hydrogens is 454 g/mol. The average molecular weight is 502 g/mol. The maximum absolute atomic E-state index is 11.2. The summed E-state index contributed by atoms with van der Waals surface area (Å²) in [6.07, 6.45) is 6.43. The molecule has 1 amide bonds. The zero-order chi connectivity index (χ0) is 25.4. The van der Waals surface area contributed by atoms with Crippen LogP contribution in [0.2, 0.25) is 0 Å². The normalized spacial score (nSPS) is 12.2. The van der Waals surface area contributed by atoms with E-state index in [9.17, 15) is 4.79 Å². The van der Waals surface area contributed by atoms with Gasteiger partial charge in [-0.3, -0.25) is 9.48 Å². The number of aromatic nitrogens is 3. The molecule has 1 heterocycles. The number of nitrogens with one attached hydrogen (secondary N) is 2. The van der Waals surface area contributed by atoms with E-state index in [0.29, 0.717) is 78.5 Å². The van der Waals surface area contributed by atoms with Gasteiger partial charge in [0.15, 0.2) is 0 Å². The fourth-order valence-corrected chi connectivity index (χ4v) is 2.95. The van der Waals surface area contributed by atoms with Gasteiger partial charge in [0.1, 0.15) is 5.69 Å². The van der Waals surface area contributed by atoms with Crippen LogP contribution in [0.15, 0.2) is 6.20 Å². The van der Waals surface area contributed by atoms with E-state index in [1.807, 2.05) is 10.9 Å². The number of carbonyl (C=O) groups excluding carboxylic acids is 1. The highest BCUT2D eigenvalue weighted by atomic mass is 16.6. The number of carbonyl (C=O) groups is 1. The lowest BCUT2D eigenvalue weighted by atomic mass is 10.2. The van der Waals surface area contributed by atoms with E-state index in [1.165, 1.54) is 0 Å². The predicted octanol–water partition coefficient (Wildman–Crippen LogP) is 1.56. The van der Waals surface area contributed by atoms with Crippen molar-refractivity contribution < 1.29 is 28.5 Å². The Morgan fingerprint density at radius 3 is 2.11 bits per heavy atom. The summed E-state index contributed by atoms with van der Waals surface area (Å²) in [6, 6.07) is 0.534. The molecule has 0 fully saturated rings. The summed E-state index contributed by atoms with van der Waals surface area (Å²) in [6.45, 7) is 11.4. The van der Waals surface area contributed by atoms with E-state index in [1.54, 1.807) is 7.05 Å². The quantitative estimate of drug-likeness (QED) is 0.192. The van der Waals surface area contributed by atoms with Crippen LogP contribution in [0.4, 0.5) is 0 Å². The summed E-state index contributed by atoms with van der Waals surface area (Å²) in [5, 5.41) is 14.2. The van der Waals surface area contributed by atoms with Gasteiger partial charge in [0, 0.05) is 32.6 Å². The van der Waals surface area contributed by atoms with Gasteiger partial charge in [0.05, 0.1) is 72.3 Å². The van der Waals surface area contributed by atoms with Gasteiger partial charge in [-0.25, -0.2) is 0 Å². The number of ether oxygens (including phenoxy) is 5. The third-order valence-corrected chi connectivity index (χ3v) is 5.25. The topological polar surface area (TPSA) is 118 Å². The third-order valence-electron chi connectivity index (χ3n) is 5.25. The fourth-order valence-electron chi connectivity index (χ4n) is 2.95. The largest absolute Gasteiger partial charge is 0.378 e. The molecule has 0 radical (unpaired) electrons. The first kappa shape index (κ1) is 31.4. The molecule has 1 rings (SSSR count). The Morgan fingerprint density at radius 2 is 1.51 bits per heavy atom. The molecule has 1 atom stereocenters. The summed E-state index contributed by atoms with van der Waals surface area (Å²) in [7, 11) is 1.66. The van der Waals surface area contributed by atoms with Gasteiger partial charge >= 0.3 is 0 Å². The maximum Gasteiger partial charge on any atom is 0.219 e. The van der Waals surface area contributed by atoms with Crippen LogP contribution in [-0.4, -0.2) is 100.0 Å². The molecule has 35 heavy (non-hydrogen) atoms. The van der Waals surface area contributed by atoms with Crippen LogP contribution in [0, 0.1) is 0 Å². The highest BCUT2D eigenvalue weighted by Crippen LogP contribution is 2.03. The Kier molecular flexibility index (Phi) is 20.5. The zero-order valence-corrected chi connectivity index (χ0v) is 22.0. The molecule has 0 aliphatic heterocycles. The van der Waals surface area contributed by atoms with E-state index in [-0.39, 0.29) is 5.91 Å². The molecule has 204 valence electrons. The molecular formula is C24H47N5O6. The van der Waals surface area contributed by atoms with Crippen molar-refractivity contribution in [3.63, 3.8) is 0 Å². The molecule has 1 aromatic heterocycles. The number of rotatable bonds is 25. The van der Waals surface area contributed by atoms with Gasteiger partial charge < -0.3 is 34.3 Å². The van der Waals surface area contributed by atoms with Crippen molar-refractivity contribution in [2.45, 2.75) is 65.1 Å². The zero-order valence-electron chi connectivity index (χ0n) is 22.0. The minimum Gasteiger partial charge on any atom is -0.378 e. The van der Waals surface area contributed by atoms with Crippen LogP contribution in [0.5, 0.6) is 0 Å². The van der Waals surface area contributed by atoms with Crippen LogP contribution >= 0.6 is 0 Å². The van der Waals surface area contributed by atoms with Gasteiger partial charge in [0.2, 0.25) is 5.91 Å². The Labute approximate surface area is 210 Å². The molecule has 0 saturated carbocycles. The van der Waals surface area contributed by atoms with E-state index >= 15 is 0 Å². The first-order valence-electron chi connectivity index (χ1n) is 12.9. The Balaban J connectivity index is 1.81. The van der Waals surface area contributed by atoms with Crippen LogP contribution in [-0.2, 0) is 41.6 Å². The summed E-state index contributed by atoms with van der Waals surface area (Å²) in [4.78, 5) is 11.2. The van der Waals surface area contributed by atoms with Crippen molar-refractivity contribution in [2.75, 3.05) is 73.1 Å². The summed E-state index contributed by atoms with van der Waals surface area (Å²) in [5.41, 5.74) is 0.798. The molecule has 0 saturated heterocycles. The molecule has 1 aromatic rings. The van der Waals surface area contributed by atoms with E-state index < -0.39 is 0 Å². The molecule has 0 bridgehead atoms. The molecule has 0 aliphatic carbocycles. The first-order valence-corrected chi connectivity index (χ1v) is 12.9. The van der Waals surface area contributed by atoms with Crippen molar-refractivity contribution in [1.29, 1.82) is 0 Å². The predicted molar refractivity (Wildman–Crippen MR) is 133 cm³/mol. The second-order valence-corrected chi connectivity index (χ2v) is 8.22. The van der Waals surface area contributed by atoms with Gasteiger partial charge in [-0.15, -0.1) is 5.10 Å². The van der Waals surface area contributed by atoms with E-state index in [4.69, 9.17) is 23.7 Å². The van der Waals surface area contributed by atoms with Crippen LogP contribution in [0.3, 0.4) is 0 Å². The molecule has 1 unspecified atom stereocenters. The van der Waals surface area contributed by atoms with Crippen LogP contribution in [0.25, 0.3) is 0 Å². The molecule has 2 N–H and O–H groups in total. The summed E-state index contributed by atoms with van der Waals surface area (Å²) < 4.78 is 29.3. The van der Waals surface area contributed by atoms with Crippen LogP contribution in [0.1, 0.15) is 51.6 Å². The molecule has 0 aliphatic rings. The molecule has 0 aromatic carbocycles. The Bertz CT molecular complexity index is 619. The summed E-state index contributed by atoms with van der Waals surface area (Å²) in [5.74, 6) is 0.0877. The van der Waals surface area contributed by atoms with Crippen molar-refractivity contribution >= 4 is 5.91 Å². The highest BCUT2D eigenvalue weighted by molar-refractivity contribution is 5.75. The van der Waals surface area contributed by atoms with E-state index in [0.717, 1.165) is 44.5 Å². The smallest absolute Gasteiger partial charge is 0.219 e. The highest BCUT2D eigenvalue weighted by Gasteiger charge is 2.02. The third kappa shape index (κ3) is 19.3. The maximum atomic E-state index is 11.2. The van der Waals surface area contributed by atoms with Crippen molar-refractivity contribution in [3.05, 3.63) is 11.9 Å². The van der Waals surface area contributed by atoms with Gasteiger partial charge in [-0.1, -0.05) is 18.6 Å². The lowest BCUT2D eigenvalue weighted by Crippen LogP contribution is -2.29. The Hall–Kier alpha value is -1.63. The van der Waals surface area contributed by atoms with Crippen LogP contribution < -0.4 is 10.6 Å². The van der Waals surface area contributed by atoms with Gasteiger partial charge in [-0.05, 0) is 26.2 Å². The summed E-state index contributed by atoms with van der Waals surface area (Å²) >= 11 is 0. The standard InChI is InChI=1S/C24H47N5O6/c1-4-22(2)26-9-11-31-12-13-32-14-15-33-16-17-34-18-19-35-21-23-20-29(28-27-23)10-7-5-6-8-24(30)25-3/h20,22,26H,4-19,21H2,1-3H3,(H,25,30). The number of amides is 1. The molecule has 11 heteroatoms. The van der Waals surface area contributed by atoms with Gasteiger partial charge in [0.25, 0.3) is 0 Å². The van der Waals surface area contributed by atoms with E-state index in [2.05, 4.69) is 34.8 Å². The number of hydrogen-bond acceptors (Lipinski definition) is 9. The number of nitrogens with zero attached hydrogens (tertiary/aromatic N) is 3. The minimum absolute atomic E-state index is 0.0877. The second-order valence-electron chi connectivity index (χ2n) is 8.22. The number of hydrogen-bond donors (Lipinski definition) is 2. The molecule has 11 nitrogen and oxygen atoms in total. The first-order chi connectivity index (χ1) is 17.2. The van der Waals surface area contributed by atoms with Gasteiger partial charge in [-0.2, -0.15) is 0 Å². The minimum atomic E-state index is 0.0877.